The van der Waals surface area contributed by atoms with E-state index in [1.807, 2.05) is 6.92 Å². The van der Waals surface area contributed by atoms with E-state index in [0.29, 0.717) is 12.5 Å². The van der Waals surface area contributed by atoms with E-state index >= 15 is 0 Å². The zero-order valence-electron chi connectivity index (χ0n) is 10.1. The Balaban J connectivity index is 2.27. The van der Waals surface area contributed by atoms with Crippen LogP contribution in [-0.2, 0) is 0 Å². The lowest BCUT2D eigenvalue weighted by Crippen LogP contribution is -2.21. The van der Waals surface area contributed by atoms with Gasteiger partial charge in [0.05, 0.1) is 5.69 Å². The molecule has 4 heteroatoms. The van der Waals surface area contributed by atoms with Crippen LogP contribution in [0.5, 0.6) is 0 Å². The number of nitrogens with two attached hydrogens (primary N) is 1. The lowest BCUT2D eigenvalue weighted by molar-refractivity contribution is 0.731. The zero-order chi connectivity index (χ0) is 11.5. The van der Waals surface area contributed by atoms with E-state index < -0.39 is 0 Å². The number of rotatable bonds is 3. The molecule has 88 valence electrons. The monoisotopic (exact) mass is 220 g/mol. The summed E-state index contributed by atoms with van der Waals surface area (Å²) in [4.78, 5) is 11.3. The summed E-state index contributed by atoms with van der Waals surface area (Å²) in [6, 6.07) is 2.09. The van der Waals surface area contributed by atoms with Gasteiger partial charge in [-0.15, -0.1) is 0 Å². The fourth-order valence-corrected chi connectivity index (χ4v) is 2.06. The van der Waals surface area contributed by atoms with Crippen molar-refractivity contribution in [3.05, 3.63) is 17.6 Å². The Kier molecular flexibility index (Phi) is 3.39. The van der Waals surface area contributed by atoms with E-state index in [9.17, 15) is 0 Å². The predicted octanol–water partition coefficient (Wildman–Crippen LogP) is 1.45. The van der Waals surface area contributed by atoms with Crippen LogP contribution in [0.2, 0.25) is 0 Å². The largest absolute Gasteiger partial charge is 0.357 e. The number of aryl methyl sites for hydroxylation is 1. The molecule has 4 nitrogen and oxygen atoms in total. The molecule has 0 aromatic carbocycles. The minimum absolute atomic E-state index is 0.308. The average Bonchev–Trinajstić information content (AvgIpc) is 2.80. The lowest BCUT2D eigenvalue weighted by atomic mass is 10.1. The Labute approximate surface area is 96.9 Å². The molecule has 0 spiro atoms. The zero-order valence-corrected chi connectivity index (χ0v) is 10.1. The van der Waals surface area contributed by atoms with Crippen LogP contribution < -0.4 is 10.6 Å². The summed E-state index contributed by atoms with van der Waals surface area (Å²) < 4.78 is 0. The molecule has 0 saturated carbocycles. The molecule has 0 amide bonds. The first-order chi connectivity index (χ1) is 7.70. The maximum Gasteiger partial charge on any atom is 0.132 e. The molecule has 1 aliphatic rings. The van der Waals surface area contributed by atoms with Crippen LogP contribution in [0.1, 0.15) is 37.2 Å². The summed E-state index contributed by atoms with van der Waals surface area (Å²) in [5, 5.41) is 0. The molecule has 1 aromatic heterocycles. The van der Waals surface area contributed by atoms with E-state index in [4.69, 9.17) is 5.73 Å². The van der Waals surface area contributed by atoms with Gasteiger partial charge in [-0.2, -0.15) is 0 Å². The van der Waals surface area contributed by atoms with Crippen molar-refractivity contribution in [2.45, 2.75) is 32.6 Å². The van der Waals surface area contributed by atoms with Crippen LogP contribution in [0.4, 0.5) is 5.82 Å². The van der Waals surface area contributed by atoms with E-state index in [1.54, 1.807) is 0 Å². The van der Waals surface area contributed by atoms with Crippen molar-refractivity contribution in [1.29, 1.82) is 0 Å². The van der Waals surface area contributed by atoms with Crippen LogP contribution >= 0.6 is 0 Å². The molecule has 1 atom stereocenters. The summed E-state index contributed by atoms with van der Waals surface area (Å²) in [5.41, 5.74) is 6.75. The highest BCUT2D eigenvalue weighted by Crippen LogP contribution is 2.21. The number of hydrogen-bond donors (Lipinski definition) is 1. The first-order valence-corrected chi connectivity index (χ1v) is 6.01. The van der Waals surface area contributed by atoms with Gasteiger partial charge in [0.2, 0.25) is 0 Å². The van der Waals surface area contributed by atoms with E-state index in [0.717, 1.165) is 30.4 Å². The molecule has 1 fully saturated rings. The van der Waals surface area contributed by atoms with Crippen molar-refractivity contribution in [2.24, 2.45) is 5.73 Å². The SMILES string of the molecule is Cc1nc(C(C)CN)cc(N2CCCC2)n1. The molecule has 2 rings (SSSR count). The summed E-state index contributed by atoms with van der Waals surface area (Å²) in [5.74, 6) is 2.23. The molecule has 1 saturated heterocycles. The van der Waals surface area contributed by atoms with Gasteiger partial charge in [-0.25, -0.2) is 9.97 Å². The third kappa shape index (κ3) is 2.32. The topological polar surface area (TPSA) is 55.0 Å². The average molecular weight is 220 g/mol. The number of nitrogens with zero attached hydrogens (tertiary/aromatic N) is 3. The second-order valence-corrected chi connectivity index (χ2v) is 4.53. The van der Waals surface area contributed by atoms with Crippen molar-refractivity contribution in [3.8, 4) is 0 Å². The van der Waals surface area contributed by atoms with Crippen molar-refractivity contribution in [2.75, 3.05) is 24.5 Å². The van der Waals surface area contributed by atoms with Gasteiger partial charge in [0.1, 0.15) is 11.6 Å². The molecule has 16 heavy (non-hydrogen) atoms. The molecule has 1 unspecified atom stereocenters. The van der Waals surface area contributed by atoms with Crippen LogP contribution in [0.25, 0.3) is 0 Å². The van der Waals surface area contributed by atoms with Gasteiger partial charge in [0.15, 0.2) is 0 Å². The van der Waals surface area contributed by atoms with Gasteiger partial charge in [-0.3, -0.25) is 0 Å². The highest BCUT2D eigenvalue weighted by Gasteiger charge is 2.16. The van der Waals surface area contributed by atoms with Crippen molar-refractivity contribution < 1.29 is 0 Å². The number of aromatic nitrogens is 2. The quantitative estimate of drug-likeness (QED) is 0.837. The summed E-state index contributed by atoms with van der Waals surface area (Å²) in [6.45, 7) is 6.93. The molecular formula is C12H20N4. The smallest absolute Gasteiger partial charge is 0.132 e. The Morgan fingerprint density at radius 3 is 2.69 bits per heavy atom. The highest BCUT2D eigenvalue weighted by molar-refractivity contribution is 5.41. The van der Waals surface area contributed by atoms with Gasteiger partial charge < -0.3 is 10.6 Å². The van der Waals surface area contributed by atoms with Gasteiger partial charge >= 0.3 is 0 Å². The first-order valence-electron chi connectivity index (χ1n) is 6.01. The molecule has 2 heterocycles. The molecular weight excluding hydrogens is 200 g/mol. The molecule has 0 radical (unpaired) electrons. The third-order valence-electron chi connectivity index (χ3n) is 3.13. The van der Waals surface area contributed by atoms with Gasteiger partial charge in [0, 0.05) is 31.6 Å². The third-order valence-corrected chi connectivity index (χ3v) is 3.13. The van der Waals surface area contributed by atoms with Crippen molar-refractivity contribution >= 4 is 5.82 Å². The van der Waals surface area contributed by atoms with E-state index in [-0.39, 0.29) is 0 Å². The molecule has 2 N–H and O–H groups in total. The maximum absolute atomic E-state index is 5.68. The molecule has 0 bridgehead atoms. The lowest BCUT2D eigenvalue weighted by Gasteiger charge is -2.18. The maximum atomic E-state index is 5.68. The minimum Gasteiger partial charge on any atom is -0.357 e. The normalized spacial score (nSPS) is 17.8. The van der Waals surface area contributed by atoms with Gasteiger partial charge in [-0.05, 0) is 19.8 Å². The van der Waals surface area contributed by atoms with E-state index in [2.05, 4.69) is 27.9 Å². The fraction of sp³-hybridized carbons (Fsp3) is 0.667. The minimum atomic E-state index is 0.308. The number of hydrogen-bond acceptors (Lipinski definition) is 4. The van der Waals surface area contributed by atoms with Crippen molar-refractivity contribution in [3.63, 3.8) is 0 Å². The van der Waals surface area contributed by atoms with Crippen molar-refractivity contribution in [1.82, 2.24) is 9.97 Å². The Morgan fingerprint density at radius 2 is 2.06 bits per heavy atom. The highest BCUT2D eigenvalue weighted by atomic mass is 15.2. The van der Waals surface area contributed by atoms with Crippen LogP contribution in [0, 0.1) is 6.92 Å². The van der Waals surface area contributed by atoms with Gasteiger partial charge in [-0.1, -0.05) is 6.92 Å². The molecule has 0 aliphatic carbocycles. The standard InChI is InChI=1S/C12H20N4/c1-9(8-13)11-7-12(15-10(2)14-11)16-5-3-4-6-16/h7,9H,3-6,8,13H2,1-2H3. The van der Waals surface area contributed by atoms with Gasteiger partial charge in [0.25, 0.3) is 0 Å². The second-order valence-electron chi connectivity index (χ2n) is 4.53. The van der Waals surface area contributed by atoms with Crippen LogP contribution in [0.3, 0.4) is 0 Å². The van der Waals surface area contributed by atoms with Crippen LogP contribution in [0.15, 0.2) is 6.07 Å². The summed E-state index contributed by atoms with van der Waals surface area (Å²) >= 11 is 0. The summed E-state index contributed by atoms with van der Waals surface area (Å²) in [6.07, 6.45) is 2.54. The van der Waals surface area contributed by atoms with E-state index in [1.165, 1.54) is 12.8 Å². The Bertz CT molecular complexity index is 358. The van der Waals surface area contributed by atoms with Crippen LogP contribution in [-0.4, -0.2) is 29.6 Å². The fourth-order valence-electron chi connectivity index (χ4n) is 2.06. The number of anilines is 1. The predicted molar refractivity (Wildman–Crippen MR) is 65.7 cm³/mol. The second kappa shape index (κ2) is 4.78. The Hall–Kier alpha value is -1.16. The Morgan fingerprint density at radius 1 is 1.38 bits per heavy atom. The summed E-state index contributed by atoms with van der Waals surface area (Å²) in [7, 11) is 0. The molecule has 1 aliphatic heterocycles. The first kappa shape index (κ1) is 11.3. The molecule has 1 aromatic rings.